The number of carbonyl (C=O) groups excluding carboxylic acids is 2. The normalized spacial score (nSPS) is 13.4. The second-order valence-electron chi connectivity index (χ2n) is 5.75. The summed E-state index contributed by atoms with van der Waals surface area (Å²) in [7, 11) is 0. The molecule has 2 aromatic carbocycles. The van der Waals surface area contributed by atoms with Crippen molar-refractivity contribution in [3.63, 3.8) is 0 Å². The largest absolute Gasteiger partial charge is 0.482 e. The van der Waals surface area contributed by atoms with Gasteiger partial charge < -0.3 is 15.4 Å². The minimum atomic E-state index is -4.36. The number of halogens is 3. The number of ether oxygens (including phenoxy) is 1. The molecule has 0 aromatic heterocycles. The molecule has 1 aliphatic rings. The number of fused-ring (bicyclic) bond motifs is 1. The number of hydrogen-bond acceptors (Lipinski definition) is 3. The van der Waals surface area contributed by atoms with E-state index in [0.717, 1.165) is 12.1 Å². The van der Waals surface area contributed by atoms with Crippen molar-refractivity contribution in [2.24, 2.45) is 0 Å². The van der Waals surface area contributed by atoms with E-state index in [9.17, 15) is 22.8 Å². The van der Waals surface area contributed by atoms with Gasteiger partial charge in [0.05, 0.1) is 11.3 Å². The highest BCUT2D eigenvalue weighted by Crippen LogP contribution is 2.29. The van der Waals surface area contributed by atoms with Crippen LogP contribution in [0.25, 0.3) is 0 Å². The fraction of sp³-hybridized carbons (Fsp3) is 0.222. The predicted octanol–water partition coefficient (Wildman–Crippen LogP) is 3.01. The molecule has 1 aliphatic heterocycles. The van der Waals surface area contributed by atoms with Crippen molar-refractivity contribution in [3.05, 3.63) is 59.2 Å². The Kier molecular flexibility index (Phi) is 4.83. The van der Waals surface area contributed by atoms with Gasteiger partial charge >= 0.3 is 6.18 Å². The van der Waals surface area contributed by atoms with Crippen LogP contribution in [0.15, 0.2) is 42.5 Å². The second-order valence-corrected chi connectivity index (χ2v) is 5.75. The minimum absolute atomic E-state index is 0.105. The van der Waals surface area contributed by atoms with E-state index in [1.54, 1.807) is 12.1 Å². The number of hydrogen-bond donors (Lipinski definition) is 2. The van der Waals surface area contributed by atoms with E-state index in [1.165, 1.54) is 18.2 Å². The Morgan fingerprint density at radius 1 is 1.15 bits per heavy atom. The molecule has 0 saturated heterocycles. The zero-order valence-corrected chi connectivity index (χ0v) is 13.5. The van der Waals surface area contributed by atoms with E-state index >= 15 is 0 Å². The number of benzene rings is 2. The van der Waals surface area contributed by atoms with Gasteiger partial charge in [-0.15, -0.1) is 0 Å². The molecule has 0 fully saturated rings. The van der Waals surface area contributed by atoms with Gasteiger partial charge in [-0.05, 0) is 42.3 Å². The summed E-state index contributed by atoms with van der Waals surface area (Å²) in [6.07, 6.45) is -3.96. The summed E-state index contributed by atoms with van der Waals surface area (Å²) >= 11 is 0. The first-order valence-electron chi connectivity index (χ1n) is 7.84. The Labute approximate surface area is 147 Å². The molecular formula is C18H15F3N2O3. The lowest BCUT2D eigenvalue weighted by Crippen LogP contribution is -2.27. The Morgan fingerprint density at radius 3 is 2.58 bits per heavy atom. The van der Waals surface area contributed by atoms with Crippen LogP contribution in [0.1, 0.15) is 21.5 Å². The van der Waals surface area contributed by atoms with Crippen LogP contribution in [0, 0.1) is 0 Å². The quantitative estimate of drug-likeness (QED) is 0.876. The minimum Gasteiger partial charge on any atom is -0.482 e. The summed E-state index contributed by atoms with van der Waals surface area (Å²) in [5.74, 6) is -0.175. The maximum atomic E-state index is 12.5. The van der Waals surface area contributed by atoms with Crippen LogP contribution in [-0.4, -0.2) is 25.0 Å². The van der Waals surface area contributed by atoms with Crippen molar-refractivity contribution in [2.75, 3.05) is 18.5 Å². The summed E-state index contributed by atoms with van der Waals surface area (Å²) in [5.41, 5.74) is 0.857. The van der Waals surface area contributed by atoms with Crippen LogP contribution in [0.5, 0.6) is 5.75 Å². The molecule has 26 heavy (non-hydrogen) atoms. The summed E-state index contributed by atoms with van der Waals surface area (Å²) in [6.45, 7) is 0.171. The summed E-state index contributed by atoms with van der Waals surface area (Å²) in [6, 6.07) is 9.49. The van der Waals surface area contributed by atoms with Gasteiger partial charge in [0.1, 0.15) is 5.75 Å². The van der Waals surface area contributed by atoms with E-state index in [1.807, 2.05) is 0 Å². The van der Waals surface area contributed by atoms with Crippen molar-refractivity contribution in [3.8, 4) is 5.75 Å². The molecule has 0 unspecified atom stereocenters. The highest BCUT2D eigenvalue weighted by molar-refractivity contribution is 5.98. The average molecular weight is 364 g/mol. The topological polar surface area (TPSA) is 67.4 Å². The van der Waals surface area contributed by atoms with Gasteiger partial charge in [-0.1, -0.05) is 12.1 Å². The summed E-state index contributed by atoms with van der Waals surface area (Å²) < 4.78 is 42.8. The highest BCUT2D eigenvalue weighted by atomic mass is 19.4. The Balaban J connectivity index is 1.55. The van der Waals surface area contributed by atoms with Crippen molar-refractivity contribution in [1.29, 1.82) is 0 Å². The standard InChI is InChI=1S/C18H15F3N2O3/c19-18(20,21)13-4-1-11(2-5-13)7-8-22-17(25)12-3-6-14-15(9-12)26-10-16(24)23-14/h1-6,9H,7-8,10H2,(H,22,25)(H,23,24). The van der Waals surface area contributed by atoms with Crippen LogP contribution < -0.4 is 15.4 Å². The molecule has 1 heterocycles. The maximum absolute atomic E-state index is 12.5. The molecule has 0 radical (unpaired) electrons. The Morgan fingerprint density at radius 2 is 1.88 bits per heavy atom. The number of carbonyl (C=O) groups is 2. The second kappa shape index (κ2) is 7.07. The smallest absolute Gasteiger partial charge is 0.416 e. The van der Waals surface area contributed by atoms with Crippen LogP contribution in [0.4, 0.5) is 18.9 Å². The van der Waals surface area contributed by atoms with E-state index < -0.39 is 11.7 Å². The molecule has 0 bridgehead atoms. The van der Waals surface area contributed by atoms with Crippen molar-refractivity contribution in [2.45, 2.75) is 12.6 Å². The zero-order valence-electron chi connectivity index (χ0n) is 13.5. The predicted molar refractivity (Wildman–Crippen MR) is 88.0 cm³/mol. The van der Waals surface area contributed by atoms with Crippen LogP contribution >= 0.6 is 0 Å². The number of alkyl halides is 3. The molecule has 136 valence electrons. The van der Waals surface area contributed by atoms with E-state index in [4.69, 9.17) is 4.74 Å². The maximum Gasteiger partial charge on any atom is 0.416 e. The third-order valence-corrected chi connectivity index (χ3v) is 3.86. The van der Waals surface area contributed by atoms with Crippen molar-refractivity contribution >= 4 is 17.5 Å². The molecule has 3 rings (SSSR count). The van der Waals surface area contributed by atoms with Gasteiger partial charge in [0.25, 0.3) is 11.8 Å². The van der Waals surface area contributed by atoms with Gasteiger partial charge in [-0.25, -0.2) is 0 Å². The molecule has 0 atom stereocenters. The number of nitrogens with one attached hydrogen (secondary N) is 2. The molecule has 2 aromatic rings. The number of rotatable bonds is 4. The average Bonchev–Trinajstić information content (AvgIpc) is 2.61. The lowest BCUT2D eigenvalue weighted by molar-refractivity contribution is -0.137. The van der Waals surface area contributed by atoms with E-state index in [2.05, 4.69) is 10.6 Å². The fourth-order valence-corrected chi connectivity index (χ4v) is 2.50. The van der Waals surface area contributed by atoms with Gasteiger partial charge in [0, 0.05) is 12.1 Å². The highest BCUT2D eigenvalue weighted by Gasteiger charge is 2.29. The van der Waals surface area contributed by atoms with Crippen LogP contribution in [0.3, 0.4) is 0 Å². The monoisotopic (exact) mass is 364 g/mol. The Hall–Kier alpha value is -3.03. The molecule has 0 spiro atoms. The summed E-state index contributed by atoms with van der Waals surface area (Å²) in [4.78, 5) is 23.4. The number of amides is 2. The zero-order chi connectivity index (χ0) is 18.7. The van der Waals surface area contributed by atoms with Crippen molar-refractivity contribution < 1.29 is 27.5 Å². The SMILES string of the molecule is O=C1COc2cc(C(=O)NCCc3ccc(C(F)(F)F)cc3)ccc2N1. The fourth-order valence-electron chi connectivity index (χ4n) is 2.50. The molecular weight excluding hydrogens is 349 g/mol. The van der Waals surface area contributed by atoms with Gasteiger partial charge in [-0.3, -0.25) is 9.59 Å². The Bertz CT molecular complexity index is 833. The molecule has 0 saturated carbocycles. The van der Waals surface area contributed by atoms with Gasteiger partial charge in [0.15, 0.2) is 6.61 Å². The summed E-state index contributed by atoms with van der Waals surface area (Å²) in [5, 5.41) is 5.33. The van der Waals surface area contributed by atoms with Gasteiger partial charge in [-0.2, -0.15) is 13.2 Å². The third kappa shape index (κ3) is 4.14. The first-order valence-corrected chi connectivity index (χ1v) is 7.84. The van der Waals surface area contributed by atoms with E-state index in [-0.39, 0.29) is 25.0 Å². The first-order chi connectivity index (χ1) is 12.3. The van der Waals surface area contributed by atoms with Crippen LogP contribution in [0.2, 0.25) is 0 Å². The van der Waals surface area contributed by atoms with Crippen LogP contribution in [-0.2, 0) is 17.4 Å². The van der Waals surface area contributed by atoms with Crippen molar-refractivity contribution in [1.82, 2.24) is 5.32 Å². The lowest BCUT2D eigenvalue weighted by atomic mass is 10.1. The molecule has 0 aliphatic carbocycles. The first kappa shape index (κ1) is 17.8. The number of anilines is 1. The molecule has 8 heteroatoms. The molecule has 2 amide bonds. The molecule has 2 N–H and O–H groups in total. The lowest BCUT2D eigenvalue weighted by Gasteiger charge is -2.18. The molecule has 5 nitrogen and oxygen atoms in total. The van der Waals surface area contributed by atoms with Gasteiger partial charge in [0.2, 0.25) is 0 Å². The van der Waals surface area contributed by atoms with E-state index in [0.29, 0.717) is 29.0 Å². The third-order valence-electron chi connectivity index (χ3n) is 3.86.